The molecule has 0 radical (unpaired) electrons. The maximum Gasteiger partial charge on any atom is 0.416 e. The SMILES string of the molecule is CC(CC#N)N(C)C(=O)Cc1ccc(C(F)(F)F)cc1. The summed E-state index contributed by atoms with van der Waals surface area (Å²) in [6.07, 6.45) is -4.14. The Morgan fingerprint density at radius 3 is 2.35 bits per heavy atom. The molecular weight excluding hydrogens is 269 g/mol. The maximum atomic E-state index is 12.4. The molecule has 0 fully saturated rings. The van der Waals surface area contributed by atoms with Gasteiger partial charge in [-0.15, -0.1) is 0 Å². The van der Waals surface area contributed by atoms with Crippen molar-refractivity contribution in [2.45, 2.75) is 32.0 Å². The number of nitrogens with zero attached hydrogens (tertiary/aromatic N) is 2. The minimum absolute atomic E-state index is 0.0183. The van der Waals surface area contributed by atoms with Crippen LogP contribution in [0.2, 0.25) is 0 Å². The number of carbonyl (C=O) groups excluding carboxylic acids is 1. The Morgan fingerprint density at radius 2 is 1.90 bits per heavy atom. The van der Waals surface area contributed by atoms with Crippen LogP contribution in [-0.2, 0) is 17.4 Å². The van der Waals surface area contributed by atoms with Gasteiger partial charge in [-0.05, 0) is 24.6 Å². The third kappa shape index (κ3) is 4.26. The average Bonchev–Trinajstić information content (AvgIpc) is 2.37. The molecule has 0 aliphatic rings. The van der Waals surface area contributed by atoms with E-state index in [1.807, 2.05) is 6.07 Å². The molecule has 0 saturated carbocycles. The summed E-state index contributed by atoms with van der Waals surface area (Å²) in [6, 6.07) is 6.26. The average molecular weight is 284 g/mol. The Labute approximate surface area is 115 Å². The van der Waals surface area contributed by atoms with Gasteiger partial charge in [0, 0.05) is 13.1 Å². The fourth-order valence-electron chi connectivity index (χ4n) is 1.63. The van der Waals surface area contributed by atoms with E-state index in [-0.39, 0.29) is 24.8 Å². The number of nitriles is 1. The van der Waals surface area contributed by atoms with Crippen LogP contribution in [0.5, 0.6) is 0 Å². The lowest BCUT2D eigenvalue weighted by Gasteiger charge is -2.23. The Bertz CT molecular complexity index is 503. The van der Waals surface area contributed by atoms with Crippen LogP contribution in [0.3, 0.4) is 0 Å². The number of likely N-dealkylation sites (N-methyl/N-ethyl adjacent to an activating group) is 1. The molecule has 6 heteroatoms. The van der Waals surface area contributed by atoms with Gasteiger partial charge in [-0.1, -0.05) is 12.1 Å². The number of hydrogen-bond acceptors (Lipinski definition) is 2. The van der Waals surface area contributed by atoms with Crippen LogP contribution in [-0.4, -0.2) is 23.9 Å². The summed E-state index contributed by atoms with van der Waals surface area (Å²) < 4.78 is 37.2. The zero-order chi connectivity index (χ0) is 15.3. The quantitative estimate of drug-likeness (QED) is 0.853. The van der Waals surface area contributed by atoms with Gasteiger partial charge in [0.25, 0.3) is 0 Å². The lowest BCUT2D eigenvalue weighted by atomic mass is 10.1. The van der Waals surface area contributed by atoms with Gasteiger partial charge in [0.15, 0.2) is 0 Å². The first kappa shape index (κ1) is 16.0. The summed E-state index contributed by atoms with van der Waals surface area (Å²) in [5.74, 6) is -0.229. The van der Waals surface area contributed by atoms with Crippen molar-refractivity contribution in [3.05, 3.63) is 35.4 Å². The molecule has 108 valence electrons. The molecule has 0 aliphatic carbocycles. The van der Waals surface area contributed by atoms with E-state index in [0.29, 0.717) is 5.56 Å². The molecule has 0 bridgehead atoms. The summed E-state index contributed by atoms with van der Waals surface area (Å²) in [5.41, 5.74) is -0.223. The normalized spacial score (nSPS) is 12.6. The van der Waals surface area contributed by atoms with Gasteiger partial charge in [0.2, 0.25) is 5.91 Å². The van der Waals surface area contributed by atoms with E-state index < -0.39 is 11.7 Å². The van der Waals surface area contributed by atoms with Crippen molar-refractivity contribution in [2.75, 3.05) is 7.05 Å². The van der Waals surface area contributed by atoms with Gasteiger partial charge in [0.05, 0.1) is 24.5 Å². The molecule has 0 heterocycles. The van der Waals surface area contributed by atoms with E-state index >= 15 is 0 Å². The van der Waals surface area contributed by atoms with E-state index in [2.05, 4.69) is 0 Å². The molecule has 1 rings (SSSR count). The lowest BCUT2D eigenvalue weighted by molar-refractivity contribution is -0.137. The minimum atomic E-state index is -4.37. The number of hydrogen-bond donors (Lipinski definition) is 0. The van der Waals surface area contributed by atoms with E-state index in [9.17, 15) is 18.0 Å². The second-order valence-corrected chi connectivity index (χ2v) is 4.59. The smallest absolute Gasteiger partial charge is 0.342 e. The largest absolute Gasteiger partial charge is 0.416 e. The van der Waals surface area contributed by atoms with Crippen LogP contribution in [0, 0.1) is 11.3 Å². The zero-order valence-electron chi connectivity index (χ0n) is 11.2. The molecule has 1 unspecified atom stereocenters. The second kappa shape index (κ2) is 6.42. The first-order chi connectivity index (χ1) is 9.25. The van der Waals surface area contributed by atoms with Crippen molar-refractivity contribution in [3.63, 3.8) is 0 Å². The molecule has 1 atom stereocenters. The Balaban J connectivity index is 2.70. The molecule has 0 aliphatic heterocycles. The Hall–Kier alpha value is -2.03. The van der Waals surface area contributed by atoms with Crippen molar-refractivity contribution >= 4 is 5.91 Å². The van der Waals surface area contributed by atoms with Gasteiger partial charge in [-0.25, -0.2) is 0 Å². The van der Waals surface area contributed by atoms with Crippen LogP contribution in [0.15, 0.2) is 24.3 Å². The van der Waals surface area contributed by atoms with E-state index in [1.54, 1.807) is 14.0 Å². The molecule has 3 nitrogen and oxygen atoms in total. The topological polar surface area (TPSA) is 44.1 Å². The summed E-state index contributed by atoms with van der Waals surface area (Å²) in [5, 5.41) is 8.57. The highest BCUT2D eigenvalue weighted by molar-refractivity contribution is 5.78. The predicted molar refractivity (Wildman–Crippen MR) is 67.6 cm³/mol. The van der Waals surface area contributed by atoms with Crippen LogP contribution in [0.4, 0.5) is 13.2 Å². The number of rotatable bonds is 4. The van der Waals surface area contributed by atoms with Gasteiger partial charge < -0.3 is 4.90 Å². The van der Waals surface area contributed by atoms with E-state index in [0.717, 1.165) is 12.1 Å². The number of benzene rings is 1. The Morgan fingerprint density at radius 1 is 1.35 bits per heavy atom. The molecule has 1 aromatic carbocycles. The molecule has 0 aromatic heterocycles. The summed E-state index contributed by atoms with van der Waals surface area (Å²) in [7, 11) is 1.58. The van der Waals surface area contributed by atoms with E-state index in [4.69, 9.17) is 5.26 Å². The third-order valence-electron chi connectivity index (χ3n) is 3.08. The van der Waals surface area contributed by atoms with Crippen molar-refractivity contribution in [3.8, 4) is 6.07 Å². The van der Waals surface area contributed by atoms with Crippen molar-refractivity contribution < 1.29 is 18.0 Å². The van der Waals surface area contributed by atoms with Gasteiger partial charge >= 0.3 is 6.18 Å². The summed E-state index contributed by atoms with van der Waals surface area (Å²) >= 11 is 0. The van der Waals surface area contributed by atoms with Crippen LogP contribution < -0.4 is 0 Å². The molecule has 0 spiro atoms. The highest BCUT2D eigenvalue weighted by atomic mass is 19.4. The van der Waals surface area contributed by atoms with Crippen LogP contribution in [0.1, 0.15) is 24.5 Å². The summed E-state index contributed by atoms with van der Waals surface area (Å²) in [6.45, 7) is 1.74. The molecule has 0 saturated heterocycles. The fraction of sp³-hybridized carbons (Fsp3) is 0.429. The highest BCUT2D eigenvalue weighted by Crippen LogP contribution is 2.29. The van der Waals surface area contributed by atoms with Gasteiger partial charge in [-0.2, -0.15) is 18.4 Å². The molecular formula is C14H15F3N2O. The molecule has 0 N–H and O–H groups in total. The highest BCUT2D eigenvalue weighted by Gasteiger charge is 2.30. The standard InChI is InChI=1S/C14H15F3N2O/c1-10(7-8-18)19(2)13(20)9-11-3-5-12(6-4-11)14(15,16)17/h3-6,10H,7,9H2,1-2H3. The molecule has 20 heavy (non-hydrogen) atoms. The third-order valence-corrected chi connectivity index (χ3v) is 3.08. The van der Waals surface area contributed by atoms with Crippen molar-refractivity contribution in [1.82, 2.24) is 4.90 Å². The first-order valence-electron chi connectivity index (χ1n) is 6.04. The number of halogens is 3. The second-order valence-electron chi connectivity index (χ2n) is 4.59. The number of carbonyl (C=O) groups is 1. The monoisotopic (exact) mass is 284 g/mol. The predicted octanol–water partition coefficient (Wildman–Crippen LogP) is 3.01. The lowest BCUT2D eigenvalue weighted by Crippen LogP contribution is -2.35. The summed E-state index contributed by atoms with van der Waals surface area (Å²) in [4.78, 5) is 13.3. The first-order valence-corrected chi connectivity index (χ1v) is 6.04. The van der Waals surface area contributed by atoms with Crippen molar-refractivity contribution in [2.24, 2.45) is 0 Å². The van der Waals surface area contributed by atoms with Gasteiger partial charge in [0.1, 0.15) is 0 Å². The number of amides is 1. The maximum absolute atomic E-state index is 12.4. The van der Waals surface area contributed by atoms with Crippen LogP contribution >= 0.6 is 0 Å². The zero-order valence-corrected chi connectivity index (χ0v) is 11.2. The Kier molecular flexibility index (Phi) is 5.14. The molecule has 1 amide bonds. The minimum Gasteiger partial charge on any atom is -0.342 e. The van der Waals surface area contributed by atoms with E-state index in [1.165, 1.54) is 17.0 Å². The fourth-order valence-corrected chi connectivity index (χ4v) is 1.63. The molecule has 1 aromatic rings. The van der Waals surface area contributed by atoms with Crippen molar-refractivity contribution in [1.29, 1.82) is 5.26 Å². The van der Waals surface area contributed by atoms with Gasteiger partial charge in [-0.3, -0.25) is 4.79 Å². The van der Waals surface area contributed by atoms with Crippen LogP contribution in [0.25, 0.3) is 0 Å². The number of alkyl halides is 3.